The summed E-state index contributed by atoms with van der Waals surface area (Å²) < 4.78 is 11.3. The van der Waals surface area contributed by atoms with E-state index in [2.05, 4.69) is 29.3 Å². The summed E-state index contributed by atoms with van der Waals surface area (Å²) in [6, 6.07) is 0.521. The standard InChI is InChI=1S/C15H27N3O2/c1-4-19-15(9-5-6-10-15)14-17-13(20-18-14)8-7-11-16-12(2)3/h12,16H,4-11H2,1-3H3. The Morgan fingerprint density at radius 3 is 2.75 bits per heavy atom. The molecule has 1 aromatic heterocycles. The van der Waals surface area contributed by atoms with E-state index in [0.717, 1.165) is 43.9 Å². The number of ether oxygens (including phenoxy) is 1. The first-order valence-electron chi connectivity index (χ1n) is 7.87. The second-order valence-electron chi connectivity index (χ2n) is 5.86. The number of nitrogens with zero attached hydrogens (tertiary/aromatic N) is 2. The maximum absolute atomic E-state index is 5.95. The molecule has 1 aliphatic rings. The Kier molecular flexibility index (Phi) is 5.54. The first-order valence-corrected chi connectivity index (χ1v) is 7.87. The summed E-state index contributed by atoms with van der Waals surface area (Å²) >= 11 is 0. The van der Waals surface area contributed by atoms with E-state index in [1.165, 1.54) is 12.8 Å². The smallest absolute Gasteiger partial charge is 0.226 e. The summed E-state index contributed by atoms with van der Waals surface area (Å²) in [6.07, 6.45) is 6.23. The van der Waals surface area contributed by atoms with E-state index in [1.807, 2.05) is 6.92 Å². The summed E-state index contributed by atoms with van der Waals surface area (Å²) in [5.74, 6) is 1.49. The van der Waals surface area contributed by atoms with Crippen LogP contribution in [0.3, 0.4) is 0 Å². The van der Waals surface area contributed by atoms with Crippen LogP contribution in [0.1, 0.15) is 64.6 Å². The molecule has 1 fully saturated rings. The van der Waals surface area contributed by atoms with Gasteiger partial charge in [-0.05, 0) is 45.6 Å². The van der Waals surface area contributed by atoms with Gasteiger partial charge in [0.05, 0.1) is 0 Å². The van der Waals surface area contributed by atoms with E-state index in [9.17, 15) is 0 Å². The van der Waals surface area contributed by atoms with E-state index in [4.69, 9.17) is 9.26 Å². The predicted octanol–water partition coefficient (Wildman–Crippen LogP) is 2.81. The highest BCUT2D eigenvalue weighted by Gasteiger charge is 2.40. The average Bonchev–Trinajstić information content (AvgIpc) is 3.04. The number of aromatic nitrogens is 2. The molecule has 0 spiro atoms. The molecule has 1 aromatic rings. The Balaban J connectivity index is 1.90. The van der Waals surface area contributed by atoms with Crippen molar-refractivity contribution in [3.8, 4) is 0 Å². The minimum atomic E-state index is -0.285. The SMILES string of the molecule is CCOC1(c2noc(CCCNC(C)C)n2)CCCC1. The van der Waals surface area contributed by atoms with Crippen molar-refractivity contribution < 1.29 is 9.26 Å². The van der Waals surface area contributed by atoms with Crippen LogP contribution in [0.15, 0.2) is 4.52 Å². The Morgan fingerprint density at radius 1 is 1.35 bits per heavy atom. The molecule has 1 N–H and O–H groups in total. The summed E-state index contributed by atoms with van der Waals surface area (Å²) in [6.45, 7) is 8.00. The second kappa shape index (κ2) is 7.18. The molecule has 20 heavy (non-hydrogen) atoms. The van der Waals surface area contributed by atoms with Gasteiger partial charge in [-0.15, -0.1) is 0 Å². The first-order chi connectivity index (χ1) is 9.66. The number of aryl methyl sites for hydroxylation is 1. The van der Waals surface area contributed by atoms with Gasteiger partial charge in [0.25, 0.3) is 0 Å². The van der Waals surface area contributed by atoms with Gasteiger partial charge < -0.3 is 14.6 Å². The fraction of sp³-hybridized carbons (Fsp3) is 0.867. The van der Waals surface area contributed by atoms with Crippen molar-refractivity contribution in [2.24, 2.45) is 0 Å². The van der Waals surface area contributed by atoms with E-state index in [-0.39, 0.29) is 5.60 Å². The van der Waals surface area contributed by atoms with Gasteiger partial charge >= 0.3 is 0 Å². The van der Waals surface area contributed by atoms with Crippen molar-refractivity contribution >= 4 is 0 Å². The Labute approximate surface area is 121 Å². The van der Waals surface area contributed by atoms with Crippen molar-refractivity contribution in [2.45, 2.75) is 70.9 Å². The quantitative estimate of drug-likeness (QED) is 0.742. The topological polar surface area (TPSA) is 60.2 Å². The zero-order valence-electron chi connectivity index (χ0n) is 12.9. The predicted molar refractivity (Wildman–Crippen MR) is 77.5 cm³/mol. The molecule has 1 heterocycles. The summed E-state index contributed by atoms with van der Waals surface area (Å²) in [5.41, 5.74) is -0.285. The normalized spacial score (nSPS) is 18.0. The highest BCUT2D eigenvalue weighted by atomic mass is 16.5. The van der Waals surface area contributed by atoms with Gasteiger partial charge in [-0.25, -0.2) is 0 Å². The molecular weight excluding hydrogens is 254 g/mol. The van der Waals surface area contributed by atoms with Gasteiger partial charge in [-0.2, -0.15) is 4.98 Å². The number of hydrogen-bond acceptors (Lipinski definition) is 5. The summed E-state index contributed by atoms with van der Waals surface area (Å²) in [7, 11) is 0. The molecule has 1 saturated carbocycles. The van der Waals surface area contributed by atoms with Crippen molar-refractivity contribution in [1.29, 1.82) is 0 Å². The highest BCUT2D eigenvalue weighted by molar-refractivity contribution is 5.04. The van der Waals surface area contributed by atoms with E-state index < -0.39 is 0 Å². The summed E-state index contributed by atoms with van der Waals surface area (Å²) in [5, 5.41) is 7.56. The van der Waals surface area contributed by atoms with Gasteiger partial charge in [-0.3, -0.25) is 0 Å². The van der Waals surface area contributed by atoms with E-state index in [1.54, 1.807) is 0 Å². The lowest BCUT2D eigenvalue weighted by atomic mass is 10.0. The minimum absolute atomic E-state index is 0.285. The first kappa shape index (κ1) is 15.4. The van der Waals surface area contributed by atoms with Gasteiger partial charge in [0.15, 0.2) is 0 Å². The van der Waals surface area contributed by atoms with Crippen molar-refractivity contribution in [1.82, 2.24) is 15.5 Å². The van der Waals surface area contributed by atoms with Crippen LogP contribution in [0.5, 0.6) is 0 Å². The fourth-order valence-electron chi connectivity index (χ4n) is 2.83. The van der Waals surface area contributed by atoms with Crippen molar-refractivity contribution in [2.75, 3.05) is 13.2 Å². The molecule has 0 unspecified atom stereocenters. The lowest BCUT2D eigenvalue weighted by Gasteiger charge is -2.24. The van der Waals surface area contributed by atoms with Crippen LogP contribution in [0.25, 0.3) is 0 Å². The molecule has 0 bridgehead atoms. The molecule has 2 rings (SSSR count). The Bertz CT molecular complexity index is 398. The van der Waals surface area contributed by atoms with E-state index >= 15 is 0 Å². The lowest BCUT2D eigenvalue weighted by molar-refractivity contribution is -0.0469. The molecule has 1 aliphatic carbocycles. The molecular formula is C15H27N3O2. The molecule has 0 aliphatic heterocycles. The zero-order valence-corrected chi connectivity index (χ0v) is 12.9. The molecule has 0 saturated heterocycles. The fourth-order valence-corrected chi connectivity index (χ4v) is 2.83. The Hall–Kier alpha value is -0.940. The number of nitrogens with one attached hydrogen (secondary N) is 1. The van der Waals surface area contributed by atoms with Crippen LogP contribution in [0.2, 0.25) is 0 Å². The largest absolute Gasteiger partial charge is 0.367 e. The molecule has 0 aromatic carbocycles. The molecule has 0 atom stereocenters. The van der Waals surface area contributed by atoms with Gasteiger partial charge in [0, 0.05) is 19.1 Å². The maximum atomic E-state index is 5.95. The molecule has 0 radical (unpaired) electrons. The van der Waals surface area contributed by atoms with Crippen LogP contribution in [-0.2, 0) is 16.8 Å². The Morgan fingerprint density at radius 2 is 2.10 bits per heavy atom. The zero-order chi connectivity index (χ0) is 14.4. The van der Waals surface area contributed by atoms with Crippen molar-refractivity contribution in [3.05, 3.63) is 11.7 Å². The van der Waals surface area contributed by atoms with E-state index in [0.29, 0.717) is 12.6 Å². The summed E-state index contributed by atoms with van der Waals surface area (Å²) in [4.78, 5) is 4.57. The van der Waals surface area contributed by atoms with Gasteiger partial charge in [0.2, 0.25) is 11.7 Å². The van der Waals surface area contributed by atoms with Gasteiger partial charge in [-0.1, -0.05) is 19.0 Å². The van der Waals surface area contributed by atoms with Crippen molar-refractivity contribution in [3.63, 3.8) is 0 Å². The highest BCUT2D eigenvalue weighted by Crippen LogP contribution is 2.40. The van der Waals surface area contributed by atoms with Crippen LogP contribution in [0, 0.1) is 0 Å². The second-order valence-corrected chi connectivity index (χ2v) is 5.86. The number of rotatable bonds is 8. The monoisotopic (exact) mass is 281 g/mol. The minimum Gasteiger partial charge on any atom is -0.367 e. The molecule has 0 amide bonds. The molecule has 5 heteroatoms. The maximum Gasteiger partial charge on any atom is 0.226 e. The van der Waals surface area contributed by atoms with Crippen LogP contribution < -0.4 is 5.32 Å². The van der Waals surface area contributed by atoms with Gasteiger partial charge in [0.1, 0.15) is 5.60 Å². The molecule has 114 valence electrons. The lowest BCUT2D eigenvalue weighted by Crippen LogP contribution is -2.27. The average molecular weight is 281 g/mol. The van der Waals surface area contributed by atoms with Crippen LogP contribution in [0.4, 0.5) is 0 Å². The van der Waals surface area contributed by atoms with Crippen LogP contribution >= 0.6 is 0 Å². The number of hydrogen-bond donors (Lipinski definition) is 1. The third-order valence-electron chi connectivity index (χ3n) is 3.83. The third kappa shape index (κ3) is 3.79. The molecule has 5 nitrogen and oxygen atoms in total. The third-order valence-corrected chi connectivity index (χ3v) is 3.83. The van der Waals surface area contributed by atoms with Crippen LogP contribution in [-0.4, -0.2) is 29.3 Å².